The predicted molar refractivity (Wildman–Crippen MR) is 113 cm³/mol. The van der Waals surface area contributed by atoms with Gasteiger partial charge in [-0.1, -0.05) is 12.1 Å². The van der Waals surface area contributed by atoms with E-state index in [1.54, 1.807) is 24.3 Å². The standard InChI is InChI=1S/C21H15BrF5N5O2/c22-13-5-15(21(25,26)27)16-8-30(19(33)31(16)7-13)14-3-1-2-12(4-14)20(9-34-10-20)6-17-29-28-11-32(17)18(23)24/h1-5,7-8,11,18H,6,9-10H2. The summed E-state index contributed by atoms with van der Waals surface area (Å²) < 4.78 is 75.4. The smallest absolute Gasteiger partial charge is 0.379 e. The predicted octanol–water partition coefficient (Wildman–Crippen LogP) is 4.37. The van der Waals surface area contributed by atoms with Crippen LogP contribution in [-0.2, 0) is 22.7 Å². The van der Waals surface area contributed by atoms with E-state index in [-0.39, 0.29) is 35.4 Å². The second-order valence-corrected chi connectivity index (χ2v) is 8.95. The lowest BCUT2D eigenvalue weighted by Gasteiger charge is -2.42. The molecule has 0 bridgehead atoms. The summed E-state index contributed by atoms with van der Waals surface area (Å²) in [6.07, 6.45) is -1.20. The lowest BCUT2D eigenvalue weighted by molar-refractivity contribution is -0.136. The van der Waals surface area contributed by atoms with Crippen molar-refractivity contribution in [3.05, 3.63) is 81.0 Å². The van der Waals surface area contributed by atoms with Gasteiger partial charge in [0.25, 0.3) is 0 Å². The van der Waals surface area contributed by atoms with E-state index >= 15 is 0 Å². The summed E-state index contributed by atoms with van der Waals surface area (Å²) in [5.74, 6) is 0.0788. The Morgan fingerprint density at radius 3 is 2.59 bits per heavy atom. The highest BCUT2D eigenvalue weighted by molar-refractivity contribution is 9.10. The van der Waals surface area contributed by atoms with Gasteiger partial charge in [0, 0.05) is 28.7 Å². The largest absolute Gasteiger partial charge is 0.418 e. The van der Waals surface area contributed by atoms with Crippen LogP contribution in [0.15, 0.2) is 58.3 Å². The number of ether oxygens (including phenoxy) is 1. The third kappa shape index (κ3) is 3.72. The Balaban J connectivity index is 1.59. The van der Waals surface area contributed by atoms with Crippen molar-refractivity contribution in [1.82, 2.24) is 23.7 Å². The Labute approximate surface area is 196 Å². The number of rotatable bonds is 5. The van der Waals surface area contributed by atoms with Crippen LogP contribution in [0.2, 0.25) is 0 Å². The number of fused-ring (bicyclic) bond motifs is 1. The van der Waals surface area contributed by atoms with Crippen molar-refractivity contribution < 1.29 is 26.7 Å². The second kappa shape index (κ2) is 8.01. The van der Waals surface area contributed by atoms with Gasteiger partial charge in [0.05, 0.1) is 30.0 Å². The highest BCUT2D eigenvalue weighted by Gasteiger charge is 2.42. The monoisotopic (exact) mass is 543 g/mol. The zero-order chi connectivity index (χ0) is 24.3. The summed E-state index contributed by atoms with van der Waals surface area (Å²) in [5, 5.41) is 7.37. The number of benzene rings is 1. The Morgan fingerprint density at radius 2 is 1.94 bits per heavy atom. The van der Waals surface area contributed by atoms with E-state index in [4.69, 9.17) is 4.74 Å². The zero-order valence-electron chi connectivity index (χ0n) is 17.1. The average Bonchev–Trinajstić information content (AvgIpc) is 3.34. The summed E-state index contributed by atoms with van der Waals surface area (Å²) in [6, 6.07) is 7.55. The van der Waals surface area contributed by atoms with E-state index < -0.39 is 29.4 Å². The molecule has 1 aliphatic heterocycles. The van der Waals surface area contributed by atoms with Crippen molar-refractivity contribution in [2.75, 3.05) is 13.2 Å². The Hall–Kier alpha value is -3.06. The number of alkyl halides is 5. The van der Waals surface area contributed by atoms with Gasteiger partial charge in [0.1, 0.15) is 12.2 Å². The Bertz CT molecular complexity index is 1440. The van der Waals surface area contributed by atoms with Gasteiger partial charge >= 0.3 is 18.4 Å². The van der Waals surface area contributed by atoms with Crippen molar-refractivity contribution >= 4 is 21.4 Å². The fourth-order valence-electron chi connectivity index (χ4n) is 4.13. The van der Waals surface area contributed by atoms with Gasteiger partial charge in [0.2, 0.25) is 0 Å². The van der Waals surface area contributed by atoms with Crippen LogP contribution >= 0.6 is 15.9 Å². The Kier molecular flexibility index (Phi) is 5.35. The summed E-state index contributed by atoms with van der Waals surface area (Å²) >= 11 is 3.02. The minimum atomic E-state index is -4.66. The number of hydrogen-bond acceptors (Lipinski definition) is 4. The van der Waals surface area contributed by atoms with Crippen molar-refractivity contribution in [2.24, 2.45) is 0 Å². The van der Waals surface area contributed by atoms with E-state index in [9.17, 15) is 26.7 Å². The van der Waals surface area contributed by atoms with Gasteiger partial charge in [-0.15, -0.1) is 10.2 Å². The van der Waals surface area contributed by atoms with Crippen LogP contribution in [0, 0.1) is 0 Å². The molecule has 0 amide bonds. The van der Waals surface area contributed by atoms with Crippen LogP contribution in [-0.4, -0.2) is 36.9 Å². The maximum absolute atomic E-state index is 13.6. The van der Waals surface area contributed by atoms with Crippen LogP contribution < -0.4 is 5.69 Å². The molecule has 4 aromatic rings. The van der Waals surface area contributed by atoms with Crippen LogP contribution in [0.25, 0.3) is 11.2 Å². The lowest BCUT2D eigenvalue weighted by atomic mass is 9.75. The molecule has 5 rings (SSSR count). The van der Waals surface area contributed by atoms with Crippen molar-refractivity contribution in [1.29, 1.82) is 0 Å². The van der Waals surface area contributed by atoms with E-state index in [2.05, 4.69) is 26.1 Å². The van der Waals surface area contributed by atoms with Crippen molar-refractivity contribution in [3.63, 3.8) is 0 Å². The number of pyridine rings is 1. The molecule has 1 saturated heterocycles. The third-order valence-electron chi connectivity index (χ3n) is 5.89. The first-order valence-electron chi connectivity index (χ1n) is 9.95. The Morgan fingerprint density at radius 1 is 1.18 bits per heavy atom. The molecule has 3 aromatic heterocycles. The zero-order valence-corrected chi connectivity index (χ0v) is 18.7. The van der Waals surface area contributed by atoms with Crippen molar-refractivity contribution in [3.8, 4) is 5.69 Å². The average molecular weight is 544 g/mol. The van der Waals surface area contributed by atoms with E-state index in [1.165, 1.54) is 6.20 Å². The van der Waals surface area contributed by atoms with Crippen LogP contribution in [0.4, 0.5) is 22.0 Å². The molecule has 1 fully saturated rings. The number of aromatic nitrogens is 5. The fourth-order valence-corrected chi connectivity index (χ4v) is 4.56. The number of nitrogens with zero attached hydrogens (tertiary/aromatic N) is 5. The highest BCUT2D eigenvalue weighted by Crippen LogP contribution is 2.37. The van der Waals surface area contributed by atoms with Gasteiger partial charge in [0.15, 0.2) is 0 Å². The van der Waals surface area contributed by atoms with E-state index in [1.807, 2.05) is 0 Å². The van der Waals surface area contributed by atoms with Crippen LogP contribution in [0.5, 0.6) is 0 Å². The van der Waals surface area contributed by atoms with Gasteiger partial charge in [-0.2, -0.15) is 22.0 Å². The summed E-state index contributed by atoms with van der Waals surface area (Å²) in [6.45, 7) is -2.35. The minimum absolute atomic E-state index is 0.0788. The number of imidazole rings is 1. The molecule has 4 heterocycles. The molecule has 0 radical (unpaired) electrons. The molecule has 34 heavy (non-hydrogen) atoms. The third-order valence-corrected chi connectivity index (χ3v) is 6.32. The van der Waals surface area contributed by atoms with Gasteiger partial charge in [-0.25, -0.2) is 4.79 Å². The molecule has 0 saturated carbocycles. The first kappa shape index (κ1) is 22.7. The molecular formula is C21H15BrF5N5O2. The van der Waals surface area contributed by atoms with Crippen LogP contribution in [0.3, 0.4) is 0 Å². The summed E-state index contributed by atoms with van der Waals surface area (Å²) in [7, 11) is 0. The van der Waals surface area contributed by atoms with Gasteiger partial charge in [-0.3, -0.25) is 13.5 Å². The van der Waals surface area contributed by atoms with Crippen molar-refractivity contribution in [2.45, 2.75) is 24.6 Å². The quantitative estimate of drug-likeness (QED) is 0.351. The van der Waals surface area contributed by atoms with Gasteiger partial charge in [-0.05, 0) is 39.7 Å². The fraction of sp³-hybridized carbons (Fsp3) is 0.286. The molecule has 13 heteroatoms. The van der Waals surface area contributed by atoms with Gasteiger partial charge < -0.3 is 4.74 Å². The molecule has 0 N–H and O–H groups in total. The summed E-state index contributed by atoms with van der Waals surface area (Å²) in [5.41, 5.74) is -1.62. The lowest BCUT2D eigenvalue weighted by Crippen LogP contribution is -2.49. The normalized spacial score (nSPS) is 15.7. The molecule has 0 spiro atoms. The first-order valence-corrected chi connectivity index (χ1v) is 10.7. The van der Waals surface area contributed by atoms with E-state index in [0.29, 0.717) is 15.8 Å². The molecule has 7 nitrogen and oxygen atoms in total. The second-order valence-electron chi connectivity index (χ2n) is 8.04. The summed E-state index contributed by atoms with van der Waals surface area (Å²) in [4.78, 5) is 13.0. The van der Waals surface area contributed by atoms with Crippen LogP contribution in [0.1, 0.15) is 23.5 Å². The molecule has 1 aromatic carbocycles. The highest BCUT2D eigenvalue weighted by atomic mass is 79.9. The minimum Gasteiger partial charge on any atom is -0.379 e. The first-order chi connectivity index (χ1) is 16.1. The number of hydrogen-bond donors (Lipinski definition) is 0. The van der Waals surface area contributed by atoms with E-state index in [0.717, 1.165) is 27.6 Å². The molecule has 0 atom stereocenters. The molecule has 0 aliphatic carbocycles. The topological polar surface area (TPSA) is 66.3 Å². The maximum atomic E-state index is 13.6. The molecular weight excluding hydrogens is 529 g/mol. The number of halogens is 6. The molecule has 1 aliphatic rings. The maximum Gasteiger partial charge on any atom is 0.418 e. The molecule has 178 valence electrons. The SMILES string of the molecule is O=c1n(-c2cccc(C3(Cc4nncn4C(F)F)COC3)c2)cc2c(C(F)(F)F)cc(Br)cn12. The molecule has 0 unspecified atom stereocenters.